The minimum Gasteiger partial charge on any atom is -0.495 e. The first-order chi connectivity index (χ1) is 14.2. The van der Waals surface area contributed by atoms with Gasteiger partial charge in [0.15, 0.2) is 0 Å². The third-order valence-electron chi connectivity index (χ3n) is 4.16. The summed E-state index contributed by atoms with van der Waals surface area (Å²) >= 11 is 13.6. The van der Waals surface area contributed by atoms with E-state index >= 15 is 0 Å². The predicted molar refractivity (Wildman–Crippen MR) is 126 cm³/mol. The number of ether oxygens (including phenoxy) is 1. The minimum absolute atomic E-state index is 0.203. The molecule has 1 N–H and O–H groups in total. The van der Waals surface area contributed by atoms with Crippen LogP contribution in [0, 0.1) is 6.92 Å². The van der Waals surface area contributed by atoms with Crippen LogP contribution in [-0.4, -0.2) is 35.6 Å². The number of nitrogens with one attached hydrogen (secondary N) is 1. The first kappa shape index (κ1) is 22.9. The Bertz CT molecular complexity index is 1090. The number of imide groups is 1. The molecule has 156 valence electrons. The highest BCUT2D eigenvalue weighted by atomic mass is 79.9. The van der Waals surface area contributed by atoms with Crippen LogP contribution in [0.4, 0.5) is 10.5 Å². The Labute approximate surface area is 199 Å². The Balaban J connectivity index is 1.77. The second kappa shape index (κ2) is 9.55. The normalized spacial score (nSPS) is 15.1. The summed E-state index contributed by atoms with van der Waals surface area (Å²) in [6, 6.07) is 8.66. The van der Waals surface area contributed by atoms with Gasteiger partial charge in [0.25, 0.3) is 11.1 Å². The van der Waals surface area contributed by atoms with Gasteiger partial charge in [-0.25, -0.2) is 0 Å². The molecule has 1 aliphatic heterocycles. The van der Waals surface area contributed by atoms with Gasteiger partial charge in [0.2, 0.25) is 5.91 Å². The molecule has 0 aliphatic carbocycles. The van der Waals surface area contributed by atoms with E-state index in [1.54, 1.807) is 30.3 Å². The van der Waals surface area contributed by atoms with Crippen LogP contribution in [0.1, 0.15) is 11.1 Å². The summed E-state index contributed by atoms with van der Waals surface area (Å²) in [6.07, 6.45) is 1.57. The maximum Gasteiger partial charge on any atom is 0.294 e. The third kappa shape index (κ3) is 5.08. The number of halogens is 3. The second-order valence-electron chi connectivity index (χ2n) is 6.29. The van der Waals surface area contributed by atoms with E-state index in [0.717, 1.165) is 26.7 Å². The van der Waals surface area contributed by atoms with Gasteiger partial charge in [0.1, 0.15) is 12.3 Å². The number of carbonyl (C=O) groups is 3. The molecule has 0 spiro atoms. The van der Waals surface area contributed by atoms with E-state index in [9.17, 15) is 14.4 Å². The Morgan fingerprint density at radius 2 is 2.00 bits per heavy atom. The molecule has 0 radical (unpaired) electrons. The lowest BCUT2D eigenvalue weighted by Gasteiger charge is -2.13. The fourth-order valence-corrected chi connectivity index (χ4v) is 5.12. The summed E-state index contributed by atoms with van der Waals surface area (Å²) in [6.45, 7) is 1.45. The van der Waals surface area contributed by atoms with Crippen molar-refractivity contribution >= 4 is 84.0 Å². The molecule has 0 bridgehead atoms. The van der Waals surface area contributed by atoms with Crippen molar-refractivity contribution in [1.29, 1.82) is 0 Å². The van der Waals surface area contributed by atoms with Crippen LogP contribution in [0.5, 0.6) is 5.75 Å². The molecule has 3 amide bonds. The van der Waals surface area contributed by atoms with Crippen molar-refractivity contribution in [2.24, 2.45) is 0 Å². The molecule has 1 saturated heterocycles. The molecule has 2 aromatic carbocycles. The van der Waals surface area contributed by atoms with E-state index in [1.807, 2.05) is 13.0 Å². The fourth-order valence-electron chi connectivity index (χ4n) is 2.70. The lowest BCUT2D eigenvalue weighted by Crippen LogP contribution is -2.36. The van der Waals surface area contributed by atoms with E-state index in [2.05, 4.69) is 37.2 Å². The van der Waals surface area contributed by atoms with E-state index in [1.165, 1.54) is 7.11 Å². The van der Waals surface area contributed by atoms with Crippen molar-refractivity contribution in [2.45, 2.75) is 6.92 Å². The Morgan fingerprint density at radius 3 is 2.67 bits per heavy atom. The van der Waals surface area contributed by atoms with Gasteiger partial charge in [0, 0.05) is 20.7 Å². The Morgan fingerprint density at radius 1 is 1.27 bits per heavy atom. The van der Waals surface area contributed by atoms with Crippen LogP contribution in [0.25, 0.3) is 6.08 Å². The predicted octanol–water partition coefficient (Wildman–Crippen LogP) is 5.86. The number of amides is 3. The first-order valence-corrected chi connectivity index (χ1v) is 11.3. The number of hydrogen-bond acceptors (Lipinski definition) is 5. The van der Waals surface area contributed by atoms with Crippen LogP contribution in [0.3, 0.4) is 0 Å². The maximum atomic E-state index is 12.7. The van der Waals surface area contributed by atoms with Gasteiger partial charge in [-0.15, -0.1) is 0 Å². The Kier molecular flexibility index (Phi) is 7.28. The highest BCUT2D eigenvalue weighted by Crippen LogP contribution is 2.38. The maximum absolute atomic E-state index is 12.7. The molecule has 2 aromatic rings. The van der Waals surface area contributed by atoms with Gasteiger partial charge in [-0.3, -0.25) is 19.3 Å². The largest absolute Gasteiger partial charge is 0.495 e. The van der Waals surface area contributed by atoms with Crippen molar-refractivity contribution in [3.8, 4) is 5.75 Å². The molecule has 10 heteroatoms. The van der Waals surface area contributed by atoms with Gasteiger partial charge in [-0.05, 0) is 70.5 Å². The van der Waals surface area contributed by atoms with E-state index < -0.39 is 23.6 Å². The van der Waals surface area contributed by atoms with Gasteiger partial charge in [0.05, 0.1) is 16.5 Å². The van der Waals surface area contributed by atoms with E-state index in [0.29, 0.717) is 26.5 Å². The topological polar surface area (TPSA) is 75.7 Å². The van der Waals surface area contributed by atoms with Crippen molar-refractivity contribution in [2.75, 3.05) is 19.0 Å². The lowest BCUT2D eigenvalue weighted by molar-refractivity contribution is -0.127. The number of anilines is 1. The van der Waals surface area contributed by atoms with Crippen molar-refractivity contribution in [3.63, 3.8) is 0 Å². The number of thioether (sulfide) groups is 1. The fraction of sp³-hybridized carbons (Fsp3) is 0.150. The van der Waals surface area contributed by atoms with Crippen molar-refractivity contribution in [3.05, 3.63) is 60.3 Å². The highest BCUT2D eigenvalue weighted by molar-refractivity contribution is 9.11. The van der Waals surface area contributed by atoms with Crippen molar-refractivity contribution < 1.29 is 19.1 Å². The average Bonchev–Trinajstić information content (AvgIpc) is 2.92. The van der Waals surface area contributed by atoms with Gasteiger partial charge in [-0.2, -0.15) is 0 Å². The molecule has 0 unspecified atom stereocenters. The molecule has 0 atom stereocenters. The molecule has 6 nitrogen and oxygen atoms in total. The third-order valence-corrected chi connectivity index (χ3v) is 6.52. The van der Waals surface area contributed by atoms with Crippen LogP contribution in [-0.2, 0) is 9.59 Å². The standard InChI is InChI=1S/C20H15Br2ClN2O4S/c1-10-3-4-13(8-15(10)23)24-17(26)9-25-19(27)16(30-20(25)28)6-11-5-12(21)7-14(22)18(11)29-2/h3-8H,9H2,1-2H3,(H,24,26)/b16-6+. The highest BCUT2D eigenvalue weighted by Gasteiger charge is 2.36. The van der Waals surface area contributed by atoms with Gasteiger partial charge in [-0.1, -0.05) is 33.6 Å². The van der Waals surface area contributed by atoms with Gasteiger partial charge < -0.3 is 10.1 Å². The van der Waals surface area contributed by atoms with E-state index in [4.69, 9.17) is 16.3 Å². The summed E-state index contributed by atoms with van der Waals surface area (Å²) in [7, 11) is 1.51. The van der Waals surface area contributed by atoms with Crippen molar-refractivity contribution in [1.82, 2.24) is 4.90 Å². The van der Waals surface area contributed by atoms with Crippen LogP contribution in [0.2, 0.25) is 5.02 Å². The monoisotopic (exact) mass is 572 g/mol. The zero-order valence-electron chi connectivity index (χ0n) is 15.8. The summed E-state index contributed by atoms with van der Waals surface area (Å²) < 4.78 is 6.84. The molecule has 1 aliphatic rings. The quantitative estimate of drug-likeness (QED) is 0.453. The number of rotatable bonds is 5. The summed E-state index contributed by atoms with van der Waals surface area (Å²) in [4.78, 5) is 38.5. The molecule has 0 saturated carbocycles. The molecule has 0 aromatic heterocycles. The zero-order chi connectivity index (χ0) is 22.0. The van der Waals surface area contributed by atoms with Crippen LogP contribution >= 0.6 is 55.2 Å². The first-order valence-electron chi connectivity index (χ1n) is 8.54. The number of methoxy groups -OCH3 is 1. The molecular weight excluding hydrogens is 560 g/mol. The zero-order valence-corrected chi connectivity index (χ0v) is 20.5. The molecule has 3 rings (SSSR count). The summed E-state index contributed by atoms with van der Waals surface area (Å²) in [5, 5.41) is 2.64. The number of benzene rings is 2. The minimum atomic E-state index is -0.541. The Hall–Kier alpha value is -1.81. The van der Waals surface area contributed by atoms with Gasteiger partial charge >= 0.3 is 0 Å². The smallest absolute Gasteiger partial charge is 0.294 e. The average molecular weight is 575 g/mol. The number of carbonyl (C=O) groups excluding carboxylic acids is 3. The van der Waals surface area contributed by atoms with Crippen LogP contribution < -0.4 is 10.1 Å². The summed E-state index contributed by atoms with van der Waals surface area (Å²) in [5.74, 6) is -0.513. The number of aryl methyl sites for hydroxylation is 1. The molecule has 1 heterocycles. The molecular formula is C20H15Br2ClN2O4S. The lowest BCUT2D eigenvalue weighted by atomic mass is 10.2. The molecule has 1 fully saturated rings. The number of hydrogen-bond donors (Lipinski definition) is 1. The van der Waals surface area contributed by atoms with Crippen LogP contribution in [0.15, 0.2) is 44.2 Å². The second-order valence-corrected chi connectivity index (χ2v) is 9.46. The number of nitrogens with zero attached hydrogens (tertiary/aromatic N) is 1. The summed E-state index contributed by atoms with van der Waals surface area (Å²) in [5.41, 5.74) is 1.98. The molecule has 30 heavy (non-hydrogen) atoms. The van der Waals surface area contributed by atoms with E-state index in [-0.39, 0.29) is 4.91 Å². The SMILES string of the molecule is COc1c(Br)cc(Br)cc1/C=C1/SC(=O)N(CC(=O)Nc2ccc(C)c(Cl)c2)C1=O.